The third-order valence-electron chi connectivity index (χ3n) is 3.93. The maximum atomic E-state index is 6.31. The zero-order valence-electron chi connectivity index (χ0n) is 13.6. The molecule has 0 aromatic carbocycles. The van der Waals surface area contributed by atoms with Crippen LogP contribution in [0.1, 0.15) is 58.9 Å². The number of hydrogen-bond acceptors (Lipinski definition) is 3. The Bertz CT molecular complexity index is 462. The van der Waals surface area contributed by atoms with Gasteiger partial charge in [-0.2, -0.15) is 0 Å². The SMILES string of the molecule is CC1CCC(Oc2ncc(CNC(C)(C)C)cc2Cl)CC1. The van der Waals surface area contributed by atoms with Crippen LogP contribution >= 0.6 is 11.6 Å². The minimum Gasteiger partial charge on any atom is -0.473 e. The van der Waals surface area contributed by atoms with Crippen LogP contribution in [0.5, 0.6) is 5.88 Å². The molecule has 1 saturated carbocycles. The van der Waals surface area contributed by atoms with Gasteiger partial charge in [0.1, 0.15) is 11.1 Å². The first-order valence-corrected chi connectivity index (χ1v) is 8.27. The van der Waals surface area contributed by atoms with Crippen LogP contribution < -0.4 is 10.1 Å². The van der Waals surface area contributed by atoms with Crippen molar-refractivity contribution in [3.8, 4) is 5.88 Å². The van der Waals surface area contributed by atoms with Gasteiger partial charge in [-0.05, 0) is 64.0 Å². The van der Waals surface area contributed by atoms with Crippen LogP contribution in [0.2, 0.25) is 5.02 Å². The van der Waals surface area contributed by atoms with Crippen molar-refractivity contribution in [2.45, 2.75) is 71.6 Å². The normalized spacial score (nSPS) is 23.1. The fraction of sp³-hybridized carbons (Fsp3) is 0.706. The highest BCUT2D eigenvalue weighted by atomic mass is 35.5. The summed E-state index contributed by atoms with van der Waals surface area (Å²) in [6, 6.07) is 1.95. The Morgan fingerprint density at radius 1 is 1.29 bits per heavy atom. The molecule has 0 unspecified atom stereocenters. The van der Waals surface area contributed by atoms with Gasteiger partial charge in [0.2, 0.25) is 5.88 Å². The molecule has 3 nitrogen and oxygen atoms in total. The van der Waals surface area contributed by atoms with Crippen LogP contribution in [0.3, 0.4) is 0 Å². The van der Waals surface area contributed by atoms with Crippen molar-refractivity contribution >= 4 is 11.6 Å². The van der Waals surface area contributed by atoms with Crippen LogP contribution in [-0.2, 0) is 6.54 Å². The lowest BCUT2D eigenvalue weighted by atomic mass is 9.89. The lowest BCUT2D eigenvalue weighted by Crippen LogP contribution is -2.35. The number of aromatic nitrogens is 1. The number of ether oxygens (including phenoxy) is 1. The average Bonchev–Trinajstić information content (AvgIpc) is 2.41. The molecular formula is C17H27ClN2O. The van der Waals surface area contributed by atoms with Crippen molar-refractivity contribution in [1.29, 1.82) is 0 Å². The summed E-state index contributed by atoms with van der Waals surface area (Å²) >= 11 is 6.31. The highest BCUT2D eigenvalue weighted by Gasteiger charge is 2.21. The van der Waals surface area contributed by atoms with Gasteiger partial charge in [0.25, 0.3) is 0 Å². The third-order valence-corrected chi connectivity index (χ3v) is 4.20. The van der Waals surface area contributed by atoms with Gasteiger partial charge in [-0.3, -0.25) is 0 Å². The van der Waals surface area contributed by atoms with Gasteiger partial charge in [0, 0.05) is 18.3 Å². The van der Waals surface area contributed by atoms with Crippen molar-refractivity contribution in [3.63, 3.8) is 0 Å². The lowest BCUT2D eigenvalue weighted by Gasteiger charge is -2.26. The van der Waals surface area contributed by atoms with E-state index < -0.39 is 0 Å². The zero-order chi connectivity index (χ0) is 15.5. The lowest BCUT2D eigenvalue weighted by molar-refractivity contribution is 0.130. The fourth-order valence-corrected chi connectivity index (χ4v) is 2.75. The number of halogens is 1. The minimum atomic E-state index is 0.0838. The molecule has 0 amide bonds. The molecule has 0 spiro atoms. The Morgan fingerprint density at radius 2 is 1.95 bits per heavy atom. The molecule has 4 heteroatoms. The van der Waals surface area contributed by atoms with Crippen LogP contribution in [-0.4, -0.2) is 16.6 Å². The van der Waals surface area contributed by atoms with E-state index in [2.05, 4.69) is 38.0 Å². The first-order valence-electron chi connectivity index (χ1n) is 7.89. The van der Waals surface area contributed by atoms with Crippen molar-refractivity contribution in [2.24, 2.45) is 5.92 Å². The molecule has 1 aliphatic carbocycles. The van der Waals surface area contributed by atoms with Crippen molar-refractivity contribution in [3.05, 3.63) is 22.8 Å². The maximum Gasteiger partial charge on any atom is 0.232 e. The summed E-state index contributed by atoms with van der Waals surface area (Å²) in [7, 11) is 0. The standard InChI is InChI=1S/C17H27ClN2O/c1-12-5-7-14(8-6-12)21-16-15(18)9-13(10-19-16)11-20-17(2,3)4/h9-10,12,14,20H,5-8,11H2,1-4H3. The number of pyridine rings is 1. The van der Waals surface area contributed by atoms with Gasteiger partial charge in [-0.1, -0.05) is 18.5 Å². The highest BCUT2D eigenvalue weighted by Crippen LogP contribution is 2.30. The monoisotopic (exact) mass is 310 g/mol. The van der Waals surface area contributed by atoms with Gasteiger partial charge in [0.15, 0.2) is 0 Å². The van der Waals surface area contributed by atoms with E-state index in [1.807, 2.05) is 12.3 Å². The van der Waals surface area contributed by atoms with E-state index in [9.17, 15) is 0 Å². The average molecular weight is 311 g/mol. The summed E-state index contributed by atoms with van der Waals surface area (Å²) in [5, 5.41) is 4.04. The summed E-state index contributed by atoms with van der Waals surface area (Å²) in [4.78, 5) is 4.40. The van der Waals surface area contributed by atoms with Crippen LogP contribution in [0.25, 0.3) is 0 Å². The third kappa shape index (κ3) is 5.48. The summed E-state index contributed by atoms with van der Waals surface area (Å²) in [6.45, 7) is 9.49. The molecule has 1 N–H and O–H groups in total. The predicted molar refractivity (Wildman–Crippen MR) is 87.9 cm³/mol. The van der Waals surface area contributed by atoms with E-state index in [0.717, 1.165) is 30.9 Å². The predicted octanol–water partition coefficient (Wildman–Crippen LogP) is 4.58. The Hall–Kier alpha value is -0.800. The van der Waals surface area contributed by atoms with Crippen LogP contribution in [0, 0.1) is 5.92 Å². The van der Waals surface area contributed by atoms with Gasteiger partial charge in [-0.15, -0.1) is 0 Å². The molecule has 118 valence electrons. The molecule has 1 aromatic rings. The molecule has 0 atom stereocenters. The molecule has 1 aliphatic rings. The second-order valence-electron chi connectivity index (χ2n) is 7.23. The van der Waals surface area contributed by atoms with E-state index in [1.165, 1.54) is 12.8 Å². The van der Waals surface area contributed by atoms with E-state index in [1.54, 1.807) is 0 Å². The van der Waals surface area contributed by atoms with Crippen LogP contribution in [0.4, 0.5) is 0 Å². The molecule has 0 saturated heterocycles. The minimum absolute atomic E-state index is 0.0838. The van der Waals surface area contributed by atoms with E-state index in [0.29, 0.717) is 10.9 Å². The molecule has 1 heterocycles. The quantitative estimate of drug-likeness (QED) is 0.884. The Balaban J connectivity index is 1.93. The van der Waals surface area contributed by atoms with E-state index in [-0.39, 0.29) is 11.6 Å². The van der Waals surface area contributed by atoms with Gasteiger partial charge < -0.3 is 10.1 Å². The Labute approximate surface area is 133 Å². The van der Waals surface area contributed by atoms with E-state index >= 15 is 0 Å². The largest absolute Gasteiger partial charge is 0.473 e. The topological polar surface area (TPSA) is 34.1 Å². The van der Waals surface area contributed by atoms with Crippen molar-refractivity contribution < 1.29 is 4.74 Å². The number of nitrogens with zero attached hydrogens (tertiary/aromatic N) is 1. The molecular weight excluding hydrogens is 284 g/mol. The molecule has 21 heavy (non-hydrogen) atoms. The zero-order valence-corrected chi connectivity index (χ0v) is 14.3. The van der Waals surface area contributed by atoms with Crippen LogP contribution in [0.15, 0.2) is 12.3 Å². The van der Waals surface area contributed by atoms with Gasteiger partial charge >= 0.3 is 0 Å². The summed E-state index contributed by atoms with van der Waals surface area (Å²) < 4.78 is 5.97. The maximum absolute atomic E-state index is 6.31. The first kappa shape index (κ1) is 16.6. The molecule has 2 rings (SSSR count). The first-order chi connectivity index (χ1) is 9.83. The summed E-state index contributed by atoms with van der Waals surface area (Å²) in [5.74, 6) is 1.40. The Morgan fingerprint density at radius 3 is 2.52 bits per heavy atom. The number of nitrogens with one attached hydrogen (secondary N) is 1. The van der Waals surface area contributed by atoms with Crippen molar-refractivity contribution in [1.82, 2.24) is 10.3 Å². The number of hydrogen-bond donors (Lipinski definition) is 1. The molecule has 1 fully saturated rings. The van der Waals surface area contributed by atoms with Gasteiger partial charge in [-0.25, -0.2) is 4.98 Å². The van der Waals surface area contributed by atoms with Gasteiger partial charge in [0.05, 0.1) is 0 Å². The Kier molecular flexibility index (Phi) is 5.50. The summed E-state index contributed by atoms with van der Waals surface area (Å²) in [6.07, 6.45) is 6.79. The second-order valence-corrected chi connectivity index (χ2v) is 7.64. The molecule has 0 bridgehead atoms. The smallest absolute Gasteiger partial charge is 0.232 e. The second kappa shape index (κ2) is 6.97. The summed E-state index contributed by atoms with van der Waals surface area (Å²) in [5.41, 5.74) is 1.17. The van der Waals surface area contributed by atoms with Crippen molar-refractivity contribution in [2.75, 3.05) is 0 Å². The molecule has 0 aliphatic heterocycles. The fourth-order valence-electron chi connectivity index (χ4n) is 2.52. The molecule has 0 radical (unpaired) electrons. The highest BCUT2D eigenvalue weighted by molar-refractivity contribution is 6.31. The van der Waals surface area contributed by atoms with E-state index in [4.69, 9.17) is 16.3 Å². The molecule has 1 aromatic heterocycles. The number of rotatable bonds is 4.